The summed E-state index contributed by atoms with van der Waals surface area (Å²) >= 11 is 0. The van der Waals surface area contributed by atoms with Crippen molar-refractivity contribution in [3.63, 3.8) is 0 Å². The minimum atomic E-state index is -0.592. The van der Waals surface area contributed by atoms with Gasteiger partial charge < -0.3 is 9.84 Å². The van der Waals surface area contributed by atoms with E-state index in [1.807, 2.05) is 54.6 Å². The third-order valence-corrected chi connectivity index (χ3v) is 3.55. The average molecular weight is 308 g/mol. The molecule has 118 valence electrons. The van der Waals surface area contributed by atoms with Gasteiger partial charge in [-0.2, -0.15) is 0 Å². The van der Waals surface area contributed by atoms with Crippen molar-refractivity contribution < 1.29 is 14.6 Å². The molecule has 0 spiro atoms. The van der Waals surface area contributed by atoms with Gasteiger partial charge in [-0.15, -0.1) is 0 Å². The lowest BCUT2D eigenvalue weighted by molar-refractivity contribution is -0.140. The predicted octanol–water partition coefficient (Wildman–Crippen LogP) is 3.27. The van der Waals surface area contributed by atoms with E-state index in [2.05, 4.69) is 16.6 Å². The van der Waals surface area contributed by atoms with Crippen LogP contribution in [0.1, 0.15) is 35.6 Å². The van der Waals surface area contributed by atoms with Gasteiger partial charge in [-0.25, -0.2) is 0 Å². The van der Waals surface area contributed by atoms with Gasteiger partial charge in [-0.3, -0.25) is 4.79 Å². The highest BCUT2D eigenvalue weighted by Crippen LogP contribution is 2.15. The first-order valence-electron chi connectivity index (χ1n) is 7.57. The third kappa shape index (κ3) is 5.28. The second-order valence-electron chi connectivity index (χ2n) is 5.17. The van der Waals surface area contributed by atoms with Crippen molar-refractivity contribution in [2.45, 2.75) is 25.4 Å². The van der Waals surface area contributed by atoms with Crippen LogP contribution in [0.15, 0.2) is 54.6 Å². The van der Waals surface area contributed by atoms with E-state index in [9.17, 15) is 9.90 Å². The van der Waals surface area contributed by atoms with Gasteiger partial charge in [0.05, 0.1) is 13.2 Å². The van der Waals surface area contributed by atoms with E-state index >= 15 is 0 Å². The van der Waals surface area contributed by atoms with Crippen LogP contribution in [0.25, 0.3) is 0 Å². The molecule has 0 aliphatic carbocycles. The summed E-state index contributed by atoms with van der Waals surface area (Å²) in [7, 11) is 1.39. The number of carbonyl (C=O) groups excluding carboxylic acids is 1. The number of ether oxygens (including phenoxy) is 1. The number of methoxy groups -OCH3 is 1. The van der Waals surface area contributed by atoms with E-state index in [4.69, 9.17) is 0 Å². The molecule has 0 aliphatic rings. The van der Waals surface area contributed by atoms with E-state index in [0.29, 0.717) is 19.3 Å². The Labute approximate surface area is 136 Å². The molecule has 2 aromatic rings. The topological polar surface area (TPSA) is 46.5 Å². The first kappa shape index (κ1) is 16.8. The van der Waals surface area contributed by atoms with Crippen molar-refractivity contribution in [2.75, 3.05) is 7.11 Å². The second-order valence-corrected chi connectivity index (χ2v) is 5.17. The van der Waals surface area contributed by atoms with Crippen LogP contribution in [0, 0.1) is 11.8 Å². The Bertz CT molecular complexity index is 696. The summed E-state index contributed by atoms with van der Waals surface area (Å²) in [6.07, 6.45) is 0.710. The fourth-order valence-electron chi connectivity index (χ4n) is 2.24. The molecule has 1 atom stereocenters. The van der Waals surface area contributed by atoms with E-state index in [1.54, 1.807) is 0 Å². The minimum Gasteiger partial charge on any atom is -0.469 e. The molecule has 0 radical (unpaired) electrons. The number of carbonyl (C=O) groups is 1. The van der Waals surface area contributed by atoms with E-state index < -0.39 is 6.10 Å². The molecular weight excluding hydrogens is 288 g/mol. The Morgan fingerprint density at radius 3 is 2.57 bits per heavy atom. The summed E-state index contributed by atoms with van der Waals surface area (Å²) in [6, 6.07) is 17.2. The molecule has 1 unspecified atom stereocenters. The molecule has 0 saturated heterocycles. The summed E-state index contributed by atoms with van der Waals surface area (Å²) in [5.41, 5.74) is 2.76. The molecule has 2 aromatic carbocycles. The molecule has 23 heavy (non-hydrogen) atoms. The smallest absolute Gasteiger partial charge is 0.305 e. The van der Waals surface area contributed by atoms with Crippen molar-refractivity contribution in [3.05, 3.63) is 71.3 Å². The fourth-order valence-corrected chi connectivity index (χ4v) is 2.24. The van der Waals surface area contributed by atoms with Crippen LogP contribution in [-0.2, 0) is 16.0 Å². The maximum Gasteiger partial charge on any atom is 0.305 e. The molecule has 0 bridgehead atoms. The zero-order valence-electron chi connectivity index (χ0n) is 13.2. The Kier molecular flexibility index (Phi) is 6.40. The summed E-state index contributed by atoms with van der Waals surface area (Å²) in [5.74, 6) is 5.89. The molecular formula is C20H20O3. The van der Waals surface area contributed by atoms with Gasteiger partial charge in [0.1, 0.15) is 0 Å². The molecule has 0 aliphatic heterocycles. The fraction of sp³-hybridized carbons (Fsp3) is 0.250. The molecule has 0 fully saturated rings. The number of aryl methyl sites for hydroxylation is 1. The van der Waals surface area contributed by atoms with Crippen LogP contribution in [0.2, 0.25) is 0 Å². The largest absolute Gasteiger partial charge is 0.469 e. The lowest BCUT2D eigenvalue weighted by Crippen LogP contribution is -2.02. The molecule has 1 N–H and O–H groups in total. The number of aliphatic hydroxyl groups excluding tert-OH is 1. The minimum absolute atomic E-state index is 0.229. The standard InChI is InChI=1S/C20H20O3/c1-23-20(22)15-14-17-9-6-5-8-16(17)12-7-13-19(21)18-10-3-2-4-11-18/h2-6,8-11,19,21H,13-15H2,1H3. The summed E-state index contributed by atoms with van der Waals surface area (Å²) in [6.45, 7) is 0. The van der Waals surface area contributed by atoms with Gasteiger partial charge >= 0.3 is 5.97 Å². The van der Waals surface area contributed by atoms with Crippen LogP contribution in [0.3, 0.4) is 0 Å². The maximum atomic E-state index is 11.3. The highest BCUT2D eigenvalue weighted by Gasteiger charge is 2.06. The molecule has 0 saturated carbocycles. The molecule has 3 nitrogen and oxygen atoms in total. The summed E-state index contributed by atoms with van der Waals surface area (Å²) in [4.78, 5) is 11.3. The predicted molar refractivity (Wildman–Crippen MR) is 89.7 cm³/mol. The highest BCUT2D eigenvalue weighted by molar-refractivity contribution is 5.69. The zero-order valence-corrected chi connectivity index (χ0v) is 13.2. The Morgan fingerprint density at radius 2 is 1.83 bits per heavy atom. The van der Waals surface area contributed by atoms with Gasteiger partial charge in [0.15, 0.2) is 0 Å². The van der Waals surface area contributed by atoms with Gasteiger partial charge in [0, 0.05) is 18.4 Å². The highest BCUT2D eigenvalue weighted by atomic mass is 16.5. The average Bonchev–Trinajstić information content (AvgIpc) is 2.61. The van der Waals surface area contributed by atoms with E-state index in [-0.39, 0.29) is 5.97 Å². The Balaban J connectivity index is 2.02. The monoisotopic (exact) mass is 308 g/mol. The number of hydrogen-bond acceptors (Lipinski definition) is 3. The van der Waals surface area contributed by atoms with Crippen molar-refractivity contribution in [3.8, 4) is 11.8 Å². The molecule has 0 aromatic heterocycles. The number of esters is 1. The molecule has 3 heteroatoms. The maximum absolute atomic E-state index is 11.3. The second kappa shape index (κ2) is 8.77. The van der Waals surface area contributed by atoms with Crippen LogP contribution in [0.5, 0.6) is 0 Å². The van der Waals surface area contributed by atoms with Crippen LogP contribution in [-0.4, -0.2) is 18.2 Å². The SMILES string of the molecule is COC(=O)CCc1ccccc1C#CCC(O)c1ccccc1. The quantitative estimate of drug-likeness (QED) is 0.681. The zero-order chi connectivity index (χ0) is 16.5. The van der Waals surface area contributed by atoms with Gasteiger partial charge in [-0.1, -0.05) is 60.4 Å². The van der Waals surface area contributed by atoms with Gasteiger partial charge in [0.25, 0.3) is 0 Å². The van der Waals surface area contributed by atoms with Crippen molar-refractivity contribution in [2.24, 2.45) is 0 Å². The number of benzene rings is 2. The number of hydrogen-bond donors (Lipinski definition) is 1. The Hall–Kier alpha value is -2.57. The number of rotatable bonds is 5. The van der Waals surface area contributed by atoms with Crippen molar-refractivity contribution >= 4 is 5.97 Å². The van der Waals surface area contributed by atoms with Crippen LogP contribution >= 0.6 is 0 Å². The first-order valence-corrected chi connectivity index (χ1v) is 7.57. The van der Waals surface area contributed by atoms with Gasteiger partial charge in [0.2, 0.25) is 0 Å². The molecule has 0 amide bonds. The lowest BCUT2D eigenvalue weighted by atomic mass is 10.0. The molecule has 2 rings (SSSR count). The van der Waals surface area contributed by atoms with E-state index in [0.717, 1.165) is 16.7 Å². The first-order chi connectivity index (χ1) is 11.2. The van der Waals surface area contributed by atoms with Crippen molar-refractivity contribution in [1.29, 1.82) is 0 Å². The summed E-state index contributed by atoms with van der Waals surface area (Å²) in [5, 5.41) is 10.1. The summed E-state index contributed by atoms with van der Waals surface area (Å²) < 4.78 is 4.67. The third-order valence-electron chi connectivity index (χ3n) is 3.55. The van der Waals surface area contributed by atoms with Crippen LogP contribution < -0.4 is 0 Å². The van der Waals surface area contributed by atoms with Crippen LogP contribution in [0.4, 0.5) is 0 Å². The Morgan fingerprint density at radius 1 is 1.13 bits per heavy atom. The van der Waals surface area contributed by atoms with Crippen molar-refractivity contribution in [1.82, 2.24) is 0 Å². The lowest BCUT2D eigenvalue weighted by Gasteiger charge is -2.06. The van der Waals surface area contributed by atoms with E-state index in [1.165, 1.54) is 7.11 Å². The number of aliphatic hydroxyl groups is 1. The molecule has 0 heterocycles. The normalized spacial score (nSPS) is 11.2. The van der Waals surface area contributed by atoms with Gasteiger partial charge in [-0.05, 0) is 23.6 Å².